The van der Waals surface area contributed by atoms with Gasteiger partial charge >= 0.3 is 0 Å². The minimum atomic E-state index is -0.229. The van der Waals surface area contributed by atoms with Gasteiger partial charge in [0.2, 0.25) is 5.95 Å². The zero-order valence-electron chi connectivity index (χ0n) is 13.0. The Labute approximate surface area is 144 Å². The molecule has 1 aromatic carbocycles. The molecule has 1 aliphatic rings. The van der Waals surface area contributed by atoms with E-state index in [-0.39, 0.29) is 5.91 Å². The van der Waals surface area contributed by atoms with Crippen LogP contribution in [0.25, 0.3) is 0 Å². The molecule has 1 aromatic heterocycles. The molecule has 0 atom stereocenters. The van der Waals surface area contributed by atoms with Crippen molar-refractivity contribution in [2.24, 2.45) is 0 Å². The quantitative estimate of drug-likeness (QED) is 0.843. The predicted molar refractivity (Wildman–Crippen MR) is 94.7 cm³/mol. The summed E-state index contributed by atoms with van der Waals surface area (Å²) in [6, 6.07) is 7.78. The molecule has 1 aliphatic carbocycles. The standard InChI is InChI=1S/C17H19BrN4O/c1-11-10-12(18)6-7-14(11)21-16(23)15-8-9-19-17(22-15)20-13-4-2-3-5-13/h6-10,13H,2-5H2,1H3,(H,21,23)(H,19,20,22). The second-order valence-electron chi connectivity index (χ2n) is 5.80. The van der Waals surface area contributed by atoms with Crippen molar-refractivity contribution in [3.63, 3.8) is 0 Å². The van der Waals surface area contributed by atoms with Crippen molar-refractivity contribution in [1.29, 1.82) is 0 Å². The number of halogens is 1. The number of hydrogen-bond donors (Lipinski definition) is 2. The topological polar surface area (TPSA) is 66.9 Å². The van der Waals surface area contributed by atoms with Gasteiger partial charge in [-0.25, -0.2) is 9.97 Å². The van der Waals surface area contributed by atoms with Crippen LogP contribution >= 0.6 is 15.9 Å². The first-order valence-corrected chi connectivity index (χ1v) is 8.58. The molecule has 0 unspecified atom stereocenters. The number of aromatic nitrogens is 2. The van der Waals surface area contributed by atoms with Crippen molar-refractivity contribution in [2.75, 3.05) is 10.6 Å². The van der Waals surface area contributed by atoms with Crippen LogP contribution in [0.5, 0.6) is 0 Å². The molecule has 6 heteroatoms. The van der Waals surface area contributed by atoms with E-state index in [2.05, 4.69) is 36.5 Å². The number of rotatable bonds is 4. The van der Waals surface area contributed by atoms with Crippen molar-refractivity contribution in [1.82, 2.24) is 9.97 Å². The van der Waals surface area contributed by atoms with Crippen LogP contribution in [0, 0.1) is 6.92 Å². The third-order valence-corrected chi connectivity index (χ3v) is 4.51. The van der Waals surface area contributed by atoms with Gasteiger partial charge < -0.3 is 10.6 Å². The molecule has 1 amide bonds. The van der Waals surface area contributed by atoms with E-state index in [0.717, 1.165) is 28.6 Å². The van der Waals surface area contributed by atoms with Gasteiger partial charge in [0.1, 0.15) is 5.69 Å². The summed E-state index contributed by atoms with van der Waals surface area (Å²) in [7, 11) is 0. The lowest BCUT2D eigenvalue weighted by molar-refractivity contribution is 0.102. The lowest BCUT2D eigenvalue weighted by atomic mass is 10.2. The van der Waals surface area contributed by atoms with Gasteiger partial charge in [-0.1, -0.05) is 28.8 Å². The molecule has 23 heavy (non-hydrogen) atoms. The highest BCUT2D eigenvalue weighted by Gasteiger charge is 2.16. The summed E-state index contributed by atoms with van der Waals surface area (Å²) in [5, 5.41) is 6.21. The third-order valence-electron chi connectivity index (χ3n) is 4.01. The number of amides is 1. The minimum Gasteiger partial charge on any atom is -0.351 e. The molecule has 3 rings (SSSR count). The molecule has 120 valence electrons. The maximum absolute atomic E-state index is 12.4. The van der Waals surface area contributed by atoms with Gasteiger partial charge in [-0.3, -0.25) is 4.79 Å². The minimum absolute atomic E-state index is 0.229. The molecule has 0 radical (unpaired) electrons. The molecule has 0 saturated heterocycles. The lowest BCUT2D eigenvalue weighted by Gasteiger charge is -2.12. The Bertz CT molecular complexity index is 713. The molecule has 5 nitrogen and oxygen atoms in total. The Kier molecular flexibility index (Phi) is 4.91. The van der Waals surface area contributed by atoms with E-state index >= 15 is 0 Å². The third kappa shape index (κ3) is 4.07. The number of hydrogen-bond acceptors (Lipinski definition) is 4. The number of anilines is 2. The van der Waals surface area contributed by atoms with Crippen LogP contribution in [0.15, 0.2) is 34.9 Å². The van der Waals surface area contributed by atoms with E-state index in [1.54, 1.807) is 12.3 Å². The maximum Gasteiger partial charge on any atom is 0.274 e. The first-order valence-electron chi connectivity index (χ1n) is 7.79. The second kappa shape index (κ2) is 7.08. The second-order valence-corrected chi connectivity index (χ2v) is 6.72. The highest BCUT2D eigenvalue weighted by Crippen LogP contribution is 2.22. The molecule has 2 aromatic rings. The smallest absolute Gasteiger partial charge is 0.274 e. The Hall–Kier alpha value is -1.95. The first kappa shape index (κ1) is 15.9. The molecular formula is C17H19BrN4O. The molecule has 1 fully saturated rings. The van der Waals surface area contributed by atoms with Gasteiger partial charge in [0.15, 0.2) is 0 Å². The monoisotopic (exact) mass is 374 g/mol. The van der Waals surface area contributed by atoms with Crippen LogP contribution in [-0.4, -0.2) is 21.9 Å². The van der Waals surface area contributed by atoms with Crippen molar-refractivity contribution >= 4 is 33.5 Å². The maximum atomic E-state index is 12.4. The average molecular weight is 375 g/mol. The summed E-state index contributed by atoms with van der Waals surface area (Å²) in [4.78, 5) is 20.9. The number of nitrogens with zero attached hydrogens (tertiary/aromatic N) is 2. The van der Waals surface area contributed by atoms with Crippen LogP contribution in [0.4, 0.5) is 11.6 Å². The van der Waals surface area contributed by atoms with Gasteiger partial charge in [-0.15, -0.1) is 0 Å². The van der Waals surface area contributed by atoms with E-state index in [0.29, 0.717) is 17.7 Å². The van der Waals surface area contributed by atoms with Crippen molar-refractivity contribution < 1.29 is 4.79 Å². The van der Waals surface area contributed by atoms with Crippen LogP contribution in [-0.2, 0) is 0 Å². The summed E-state index contributed by atoms with van der Waals surface area (Å²) in [5.41, 5.74) is 2.14. The normalized spacial score (nSPS) is 14.7. The average Bonchev–Trinajstić information content (AvgIpc) is 3.03. The number of nitrogens with one attached hydrogen (secondary N) is 2. The Morgan fingerprint density at radius 2 is 2.04 bits per heavy atom. The van der Waals surface area contributed by atoms with Gasteiger partial charge in [-0.05, 0) is 49.6 Å². The molecule has 2 N–H and O–H groups in total. The summed E-state index contributed by atoms with van der Waals surface area (Å²) >= 11 is 3.42. The number of carbonyl (C=O) groups excluding carboxylic acids is 1. The highest BCUT2D eigenvalue weighted by molar-refractivity contribution is 9.10. The molecule has 1 heterocycles. The zero-order valence-corrected chi connectivity index (χ0v) is 14.6. The van der Waals surface area contributed by atoms with Gasteiger partial charge in [0, 0.05) is 22.4 Å². The zero-order chi connectivity index (χ0) is 16.2. The Balaban J connectivity index is 1.71. The first-order chi connectivity index (χ1) is 11.1. The van der Waals surface area contributed by atoms with Crippen LogP contribution in [0.3, 0.4) is 0 Å². The fraction of sp³-hybridized carbons (Fsp3) is 0.353. The Morgan fingerprint density at radius 3 is 2.78 bits per heavy atom. The summed E-state index contributed by atoms with van der Waals surface area (Å²) in [6.07, 6.45) is 6.37. The molecule has 0 bridgehead atoms. The van der Waals surface area contributed by atoms with Gasteiger partial charge in [0.25, 0.3) is 5.91 Å². The van der Waals surface area contributed by atoms with Crippen molar-refractivity contribution in [2.45, 2.75) is 38.6 Å². The molecule has 0 spiro atoms. The predicted octanol–water partition coefficient (Wildman–Crippen LogP) is 4.15. The van der Waals surface area contributed by atoms with E-state index in [1.165, 1.54) is 12.8 Å². The number of carbonyl (C=O) groups is 1. The lowest BCUT2D eigenvalue weighted by Crippen LogP contribution is -2.19. The molecule has 1 saturated carbocycles. The summed E-state index contributed by atoms with van der Waals surface area (Å²) in [6.45, 7) is 1.95. The summed E-state index contributed by atoms with van der Waals surface area (Å²) < 4.78 is 0.984. The van der Waals surface area contributed by atoms with Gasteiger partial charge in [0.05, 0.1) is 0 Å². The SMILES string of the molecule is Cc1cc(Br)ccc1NC(=O)c1ccnc(NC2CCCC2)n1. The van der Waals surface area contributed by atoms with Crippen LogP contribution in [0.2, 0.25) is 0 Å². The van der Waals surface area contributed by atoms with Crippen molar-refractivity contribution in [3.8, 4) is 0 Å². The van der Waals surface area contributed by atoms with Crippen LogP contribution in [0.1, 0.15) is 41.7 Å². The number of benzene rings is 1. The summed E-state index contributed by atoms with van der Waals surface area (Å²) in [5.74, 6) is 0.296. The van der Waals surface area contributed by atoms with E-state index in [9.17, 15) is 4.79 Å². The molecule has 0 aliphatic heterocycles. The van der Waals surface area contributed by atoms with E-state index < -0.39 is 0 Å². The van der Waals surface area contributed by atoms with Gasteiger partial charge in [-0.2, -0.15) is 0 Å². The largest absolute Gasteiger partial charge is 0.351 e. The van der Waals surface area contributed by atoms with E-state index in [4.69, 9.17) is 0 Å². The fourth-order valence-electron chi connectivity index (χ4n) is 2.76. The Morgan fingerprint density at radius 1 is 1.26 bits per heavy atom. The fourth-order valence-corrected chi connectivity index (χ4v) is 3.24. The highest BCUT2D eigenvalue weighted by atomic mass is 79.9. The number of aryl methyl sites for hydroxylation is 1. The van der Waals surface area contributed by atoms with Crippen LogP contribution < -0.4 is 10.6 Å². The molecular weight excluding hydrogens is 356 g/mol. The van der Waals surface area contributed by atoms with Crippen molar-refractivity contribution in [3.05, 3.63) is 46.2 Å². The van der Waals surface area contributed by atoms with E-state index in [1.807, 2.05) is 25.1 Å².